The zero-order valence-electron chi connectivity index (χ0n) is 9.96. The lowest BCUT2D eigenvalue weighted by atomic mass is 10.1. The van der Waals surface area contributed by atoms with E-state index in [0.29, 0.717) is 22.0 Å². The van der Waals surface area contributed by atoms with Gasteiger partial charge in [-0.15, -0.1) is 13.2 Å². The number of aromatic nitrogens is 1. The van der Waals surface area contributed by atoms with E-state index >= 15 is 0 Å². The minimum absolute atomic E-state index is 0.278. The molecule has 0 saturated carbocycles. The van der Waals surface area contributed by atoms with Crippen LogP contribution in [0.15, 0.2) is 31.5 Å². The number of rotatable bonds is 1. The number of amides is 1. The van der Waals surface area contributed by atoms with Gasteiger partial charge in [0.25, 0.3) is 5.91 Å². The van der Waals surface area contributed by atoms with Gasteiger partial charge in [-0.3, -0.25) is 4.79 Å². The average molecular weight is 234 g/mol. The number of carbonyl (C=O) groups is 1. The largest absolute Gasteiger partial charge is 0.366 e. The highest BCUT2D eigenvalue weighted by Crippen LogP contribution is 2.23. The third-order valence-corrected chi connectivity index (χ3v) is 2.54. The van der Waals surface area contributed by atoms with Crippen molar-refractivity contribution < 1.29 is 9.18 Å². The minimum atomic E-state index is -0.494. The lowest BCUT2D eigenvalue weighted by Crippen LogP contribution is -2.10. The summed E-state index contributed by atoms with van der Waals surface area (Å²) in [4.78, 5) is 11.1. The summed E-state index contributed by atoms with van der Waals surface area (Å²) >= 11 is 0. The Morgan fingerprint density at radius 2 is 2.00 bits per heavy atom. The molecule has 0 bridgehead atoms. The van der Waals surface area contributed by atoms with Gasteiger partial charge in [-0.05, 0) is 24.6 Å². The Labute approximate surface area is 99.3 Å². The smallest absolute Gasteiger partial charge is 0.250 e. The normalized spacial score (nSPS) is 9.82. The van der Waals surface area contributed by atoms with E-state index in [1.54, 1.807) is 30.8 Å². The van der Waals surface area contributed by atoms with Gasteiger partial charge in [0.2, 0.25) is 0 Å². The Kier molecular flexibility index (Phi) is 3.68. The Hall–Kier alpha value is -2.10. The molecular weight excluding hydrogens is 219 g/mol. The fraction of sp³-hybridized carbons (Fsp3) is 0.154. The Morgan fingerprint density at radius 1 is 1.41 bits per heavy atom. The topological polar surface area (TPSA) is 48.0 Å². The van der Waals surface area contributed by atoms with Crippen LogP contribution in [-0.4, -0.2) is 10.5 Å². The molecular formula is C13H15FN2O. The van der Waals surface area contributed by atoms with Gasteiger partial charge in [0.05, 0.1) is 11.1 Å². The number of aryl methyl sites for hydroxylation is 2. The average Bonchev–Trinajstić information content (AvgIpc) is 2.60. The molecule has 0 radical (unpaired) electrons. The first-order valence-corrected chi connectivity index (χ1v) is 5.05. The lowest BCUT2D eigenvalue weighted by Gasteiger charge is -1.99. The van der Waals surface area contributed by atoms with Crippen LogP contribution >= 0.6 is 0 Å². The molecule has 1 aromatic carbocycles. The van der Waals surface area contributed by atoms with E-state index < -0.39 is 5.91 Å². The van der Waals surface area contributed by atoms with Crippen molar-refractivity contribution in [1.82, 2.24) is 4.57 Å². The first kappa shape index (κ1) is 13.0. The van der Waals surface area contributed by atoms with Crippen molar-refractivity contribution in [3.63, 3.8) is 0 Å². The van der Waals surface area contributed by atoms with E-state index in [1.807, 2.05) is 0 Å². The standard InChI is InChI=1S/C11H11FN2O.C2H4/c1-6-3-7-8(11(13)15)5-14(2)10(7)4-9(6)12;1-2/h3-5H,1-2H3,(H2,13,15);1-2H2. The monoisotopic (exact) mass is 234 g/mol. The first-order chi connectivity index (χ1) is 8.00. The SMILES string of the molecule is C=C.Cc1cc2c(C(N)=O)cn(C)c2cc1F. The van der Waals surface area contributed by atoms with E-state index in [1.165, 1.54) is 6.07 Å². The summed E-state index contributed by atoms with van der Waals surface area (Å²) in [5.41, 5.74) is 6.85. The molecule has 17 heavy (non-hydrogen) atoms. The van der Waals surface area contributed by atoms with Gasteiger partial charge in [-0.25, -0.2) is 4.39 Å². The number of halogens is 1. The quantitative estimate of drug-likeness (QED) is 0.757. The Bertz CT molecular complexity index is 572. The van der Waals surface area contributed by atoms with Crippen LogP contribution in [0.1, 0.15) is 15.9 Å². The molecule has 0 saturated heterocycles. The maximum atomic E-state index is 13.3. The van der Waals surface area contributed by atoms with Gasteiger partial charge in [0, 0.05) is 18.6 Å². The summed E-state index contributed by atoms with van der Waals surface area (Å²) in [6, 6.07) is 3.06. The predicted octanol–water partition coefficient (Wildman–Crippen LogP) is 2.53. The molecule has 0 unspecified atom stereocenters. The van der Waals surface area contributed by atoms with Gasteiger partial charge in [-0.1, -0.05) is 0 Å². The number of fused-ring (bicyclic) bond motifs is 1. The molecule has 0 aliphatic rings. The summed E-state index contributed by atoms with van der Waals surface area (Å²) < 4.78 is 15.0. The third-order valence-electron chi connectivity index (χ3n) is 2.54. The highest BCUT2D eigenvalue weighted by Gasteiger charge is 2.12. The van der Waals surface area contributed by atoms with Crippen molar-refractivity contribution in [1.29, 1.82) is 0 Å². The summed E-state index contributed by atoms with van der Waals surface area (Å²) in [6.45, 7) is 7.66. The first-order valence-electron chi connectivity index (χ1n) is 5.05. The minimum Gasteiger partial charge on any atom is -0.366 e. The Morgan fingerprint density at radius 3 is 2.53 bits per heavy atom. The van der Waals surface area contributed by atoms with Gasteiger partial charge in [0.15, 0.2) is 0 Å². The summed E-state index contributed by atoms with van der Waals surface area (Å²) in [6.07, 6.45) is 1.62. The van der Waals surface area contributed by atoms with Crippen LogP contribution in [0.2, 0.25) is 0 Å². The maximum Gasteiger partial charge on any atom is 0.250 e. The van der Waals surface area contributed by atoms with Crippen molar-refractivity contribution >= 4 is 16.8 Å². The van der Waals surface area contributed by atoms with E-state index in [-0.39, 0.29) is 5.82 Å². The third kappa shape index (κ3) is 2.20. The van der Waals surface area contributed by atoms with Crippen LogP contribution < -0.4 is 5.73 Å². The molecule has 2 rings (SSSR count). The van der Waals surface area contributed by atoms with E-state index in [9.17, 15) is 9.18 Å². The van der Waals surface area contributed by atoms with Crippen LogP contribution in [0.3, 0.4) is 0 Å². The maximum absolute atomic E-state index is 13.3. The second-order valence-electron chi connectivity index (χ2n) is 3.64. The molecule has 4 heteroatoms. The van der Waals surface area contributed by atoms with Gasteiger partial charge >= 0.3 is 0 Å². The van der Waals surface area contributed by atoms with Crippen molar-refractivity contribution in [3.8, 4) is 0 Å². The number of benzene rings is 1. The number of hydrogen-bond acceptors (Lipinski definition) is 1. The summed E-state index contributed by atoms with van der Waals surface area (Å²) in [5, 5.41) is 0.698. The molecule has 1 amide bonds. The molecule has 2 aromatic rings. The fourth-order valence-corrected chi connectivity index (χ4v) is 1.71. The number of hydrogen-bond donors (Lipinski definition) is 1. The van der Waals surface area contributed by atoms with Crippen LogP contribution in [0, 0.1) is 12.7 Å². The van der Waals surface area contributed by atoms with Crippen LogP contribution in [-0.2, 0) is 7.05 Å². The molecule has 0 aliphatic carbocycles. The number of nitrogens with two attached hydrogens (primary N) is 1. The van der Waals surface area contributed by atoms with Crippen molar-refractivity contribution in [2.24, 2.45) is 12.8 Å². The second kappa shape index (κ2) is 4.82. The van der Waals surface area contributed by atoms with E-state index in [4.69, 9.17) is 5.73 Å². The molecule has 0 aliphatic heterocycles. The highest BCUT2D eigenvalue weighted by molar-refractivity contribution is 6.06. The molecule has 1 heterocycles. The molecule has 1 aromatic heterocycles. The number of carbonyl (C=O) groups excluding carboxylic acids is 1. The van der Waals surface area contributed by atoms with Gasteiger partial charge in [-0.2, -0.15) is 0 Å². The van der Waals surface area contributed by atoms with Gasteiger partial charge < -0.3 is 10.3 Å². The molecule has 2 N–H and O–H groups in total. The summed E-state index contributed by atoms with van der Waals surface area (Å²) in [5.74, 6) is -0.772. The molecule has 0 spiro atoms. The predicted molar refractivity (Wildman–Crippen MR) is 67.4 cm³/mol. The zero-order valence-corrected chi connectivity index (χ0v) is 9.96. The molecule has 0 fully saturated rings. The number of primary amides is 1. The number of nitrogens with zero attached hydrogens (tertiary/aromatic N) is 1. The molecule has 3 nitrogen and oxygen atoms in total. The van der Waals surface area contributed by atoms with E-state index in [2.05, 4.69) is 13.2 Å². The lowest BCUT2D eigenvalue weighted by molar-refractivity contribution is 0.100. The molecule has 90 valence electrons. The zero-order chi connectivity index (χ0) is 13.2. The summed E-state index contributed by atoms with van der Waals surface area (Å²) in [7, 11) is 1.75. The van der Waals surface area contributed by atoms with Crippen LogP contribution in [0.4, 0.5) is 4.39 Å². The highest BCUT2D eigenvalue weighted by atomic mass is 19.1. The molecule has 0 atom stereocenters. The fourth-order valence-electron chi connectivity index (χ4n) is 1.71. The Balaban J connectivity index is 0.000000686. The van der Waals surface area contributed by atoms with Crippen molar-refractivity contribution in [2.75, 3.05) is 0 Å². The van der Waals surface area contributed by atoms with E-state index in [0.717, 1.165) is 0 Å². The van der Waals surface area contributed by atoms with Crippen molar-refractivity contribution in [3.05, 3.63) is 48.4 Å². The van der Waals surface area contributed by atoms with Crippen LogP contribution in [0.5, 0.6) is 0 Å². The second-order valence-corrected chi connectivity index (χ2v) is 3.64. The van der Waals surface area contributed by atoms with Crippen LogP contribution in [0.25, 0.3) is 10.9 Å². The van der Waals surface area contributed by atoms with Crippen molar-refractivity contribution in [2.45, 2.75) is 6.92 Å². The van der Waals surface area contributed by atoms with Gasteiger partial charge in [0.1, 0.15) is 5.82 Å².